The Bertz CT molecular complexity index is 291. The van der Waals surface area contributed by atoms with Crippen LogP contribution in [0.3, 0.4) is 0 Å². The Morgan fingerprint density at radius 1 is 1.77 bits per heavy atom. The summed E-state index contributed by atoms with van der Waals surface area (Å²) in [6, 6.07) is 1.84. The quantitative estimate of drug-likeness (QED) is 0.757. The Hall–Kier alpha value is -0.870. The van der Waals surface area contributed by atoms with Gasteiger partial charge in [0.25, 0.3) is 0 Å². The van der Waals surface area contributed by atoms with Crippen molar-refractivity contribution in [2.45, 2.75) is 26.6 Å². The molecule has 0 saturated heterocycles. The van der Waals surface area contributed by atoms with Crippen LogP contribution in [0, 0.1) is 0 Å². The van der Waals surface area contributed by atoms with Crippen molar-refractivity contribution in [1.29, 1.82) is 0 Å². The second-order valence-electron chi connectivity index (χ2n) is 2.76. The van der Waals surface area contributed by atoms with E-state index in [2.05, 4.69) is 0 Å². The van der Waals surface area contributed by atoms with E-state index >= 15 is 0 Å². The van der Waals surface area contributed by atoms with Gasteiger partial charge in [0.1, 0.15) is 6.61 Å². The lowest BCUT2D eigenvalue weighted by Crippen LogP contribution is -2.00. The predicted octanol–water partition coefficient (Wildman–Crippen LogP) is 1.86. The summed E-state index contributed by atoms with van der Waals surface area (Å²) in [5, 5.41) is 11.2. The number of aliphatic hydroxyl groups excluding tert-OH is 1. The van der Waals surface area contributed by atoms with Gasteiger partial charge in [0.2, 0.25) is 0 Å². The Morgan fingerprint density at radius 3 is 3.00 bits per heavy atom. The average molecular weight is 200 g/mol. The van der Waals surface area contributed by atoms with Gasteiger partial charge in [-0.05, 0) is 23.9 Å². The van der Waals surface area contributed by atoms with Gasteiger partial charge in [-0.1, -0.05) is 0 Å². The van der Waals surface area contributed by atoms with E-state index in [9.17, 15) is 9.90 Å². The highest BCUT2D eigenvalue weighted by Gasteiger charge is 2.09. The van der Waals surface area contributed by atoms with Crippen molar-refractivity contribution < 1.29 is 14.6 Å². The molecule has 1 N–H and O–H groups in total. The number of carbonyl (C=O) groups excluding carboxylic acids is 1. The zero-order valence-electron chi connectivity index (χ0n) is 7.61. The lowest BCUT2D eigenvalue weighted by Gasteiger charge is -2.05. The second-order valence-corrected chi connectivity index (χ2v) is 3.76. The lowest BCUT2D eigenvalue weighted by molar-refractivity contribution is -0.142. The molecule has 0 saturated carbocycles. The summed E-state index contributed by atoms with van der Waals surface area (Å²) in [4.78, 5) is 11.4. The second kappa shape index (κ2) is 4.39. The Labute approximate surface area is 81.0 Å². The molecule has 0 amide bonds. The summed E-state index contributed by atoms with van der Waals surface area (Å²) in [5.74, 6) is -0.301. The third-order valence-electron chi connectivity index (χ3n) is 1.64. The van der Waals surface area contributed by atoms with Crippen LogP contribution < -0.4 is 0 Å². The van der Waals surface area contributed by atoms with Gasteiger partial charge in [-0.25, -0.2) is 0 Å². The highest BCUT2D eigenvalue weighted by molar-refractivity contribution is 7.10. The van der Waals surface area contributed by atoms with Crippen molar-refractivity contribution in [3.05, 3.63) is 21.9 Å². The summed E-state index contributed by atoms with van der Waals surface area (Å²) in [6.07, 6.45) is -0.503. The van der Waals surface area contributed by atoms with Gasteiger partial charge in [0, 0.05) is 11.8 Å². The average Bonchev–Trinajstić information content (AvgIpc) is 2.47. The minimum atomic E-state index is -0.503. The van der Waals surface area contributed by atoms with Gasteiger partial charge in [-0.15, -0.1) is 11.3 Å². The van der Waals surface area contributed by atoms with Crippen molar-refractivity contribution in [2.75, 3.05) is 0 Å². The van der Waals surface area contributed by atoms with E-state index in [1.54, 1.807) is 6.92 Å². The number of rotatable bonds is 3. The maximum atomic E-state index is 10.5. The summed E-state index contributed by atoms with van der Waals surface area (Å²) >= 11 is 1.48. The van der Waals surface area contributed by atoms with Crippen LogP contribution in [0.5, 0.6) is 0 Å². The van der Waals surface area contributed by atoms with Gasteiger partial charge >= 0.3 is 5.97 Å². The summed E-state index contributed by atoms with van der Waals surface area (Å²) in [5.41, 5.74) is 0.839. The van der Waals surface area contributed by atoms with Crippen molar-refractivity contribution in [3.8, 4) is 0 Å². The molecule has 1 unspecified atom stereocenters. The highest BCUT2D eigenvalue weighted by Crippen LogP contribution is 2.23. The van der Waals surface area contributed by atoms with Crippen molar-refractivity contribution in [1.82, 2.24) is 0 Å². The van der Waals surface area contributed by atoms with Crippen molar-refractivity contribution >= 4 is 17.3 Å². The topological polar surface area (TPSA) is 46.5 Å². The number of aliphatic hydroxyl groups is 1. The van der Waals surface area contributed by atoms with Crippen LogP contribution >= 0.6 is 11.3 Å². The number of esters is 1. The molecule has 0 fully saturated rings. The number of hydrogen-bond donors (Lipinski definition) is 1. The highest BCUT2D eigenvalue weighted by atomic mass is 32.1. The third-order valence-corrected chi connectivity index (χ3v) is 2.55. The molecule has 0 aliphatic heterocycles. The first kappa shape index (κ1) is 10.2. The smallest absolute Gasteiger partial charge is 0.302 e. The zero-order valence-corrected chi connectivity index (χ0v) is 8.43. The molecule has 0 aliphatic rings. The fraction of sp³-hybridized carbons (Fsp3) is 0.444. The first-order valence-corrected chi connectivity index (χ1v) is 4.87. The van der Waals surface area contributed by atoms with E-state index in [-0.39, 0.29) is 12.6 Å². The molecular formula is C9H12O3S. The lowest BCUT2D eigenvalue weighted by atomic mass is 10.2. The Balaban J connectivity index is 2.65. The fourth-order valence-corrected chi connectivity index (χ4v) is 1.89. The van der Waals surface area contributed by atoms with Crippen LogP contribution in [0.2, 0.25) is 0 Å². The van der Waals surface area contributed by atoms with Gasteiger partial charge in [0.15, 0.2) is 0 Å². The molecule has 1 aromatic heterocycles. The Kier molecular flexibility index (Phi) is 3.45. The maximum Gasteiger partial charge on any atom is 0.302 e. The van der Waals surface area contributed by atoms with E-state index in [4.69, 9.17) is 4.74 Å². The molecule has 1 rings (SSSR count). The van der Waals surface area contributed by atoms with Crippen LogP contribution in [0.25, 0.3) is 0 Å². The maximum absolute atomic E-state index is 10.5. The first-order valence-electron chi connectivity index (χ1n) is 3.99. The minimum absolute atomic E-state index is 0.257. The molecule has 0 spiro atoms. The molecule has 0 bridgehead atoms. The molecule has 0 aromatic carbocycles. The van der Waals surface area contributed by atoms with Crippen LogP contribution in [0.15, 0.2) is 11.4 Å². The summed E-state index contributed by atoms with van der Waals surface area (Å²) in [6.45, 7) is 3.32. The minimum Gasteiger partial charge on any atom is -0.460 e. The molecule has 1 aromatic rings. The third kappa shape index (κ3) is 2.82. The van der Waals surface area contributed by atoms with Crippen molar-refractivity contribution in [2.24, 2.45) is 0 Å². The Morgan fingerprint density at radius 2 is 2.46 bits per heavy atom. The largest absolute Gasteiger partial charge is 0.460 e. The molecule has 3 nitrogen and oxygen atoms in total. The number of ether oxygens (including phenoxy) is 1. The van der Waals surface area contributed by atoms with E-state index in [1.807, 2.05) is 11.4 Å². The monoisotopic (exact) mass is 200 g/mol. The van der Waals surface area contributed by atoms with Crippen LogP contribution in [-0.4, -0.2) is 11.1 Å². The number of carbonyl (C=O) groups is 1. The summed E-state index contributed by atoms with van der Waals surface area (Å²) in [7, 11) is 0. The van der Waals surface area contributed by atoms with Gasteiger partial charge < -0.3 is 9.84 Å². The molecule has 0 radical (unpaired) electrons. The molecule has 0 aliphatic carbocycles. The van der Waals surface area contributed by atoms with E-state index in [0.717, 1.165) is 10.4 Å². The van der Waals surface area contributed by atoms with E-state index < -0.39 is 6.10 Å². The number of hydrogen-bond acceptors (Lipinski definition) is 4. The molecule has 1 atom stereocenters. The first-order chi connectivity index (χ1) is 6.11. The summed E-state index contributed by atoms with van der Waals surface area (Å²) < 4.78 is 4.84. The SMILES string of the molecule is CC(=O)OCc1sccc1C(C)O. The van der Waals surface area contributed by atoms with Crippen LogP contribution in [-0.2, 0) is 16.1 Å². The molecule has 1 heterocycles. The molecular weight excluding hydrogens is 188 g/mol. The van der Waals surface area contributed by atoms with E-state index in [0.29, 0.717) is 0 Å². The zero-order chi connectivity index (χ0) is 9.84. The predicted molar refractivity (Wildman–Crippen MR) is 50.4 cm³/mol. The van der Waals surface area contributed by atoms with Gasteiger partial charge in [0.05, 0.1) is 6.10 Å². The van der Waals surface area contributed by atoms with Gasteiger partial charge in [-0.3, -0.25) is 4.79 Å². The number of thiophene rings is 1. The van der Waals surface area contributed by atoms with Crippen LogP contribution in [0.1, 0.15) is 30.4 Å². The molecule has 4 heteroatoms. The van der Waals surface area contributed by atoms with Gasteiger partial charge in [-0.2, -0.15) is 0 Å². The van der Waals surface area contributed by atoms with Crippen LogP contribution in [0.4, 0.5) is 0 Å². The molecule has 13 heavy (non-hydrogen) atoms. The standard InChI is InChI=1S/C9H12O3S/c1-6(10)8-3-4-13-9(8)5-12-7(2)11/h3-4,6,10H,5H2,1-2H3. The van der Waals surface area contributed by atoms with E-state index in [1.165, 1.54) is 18.3 Å². The fourth-order valence-electron chi connectivity index (χ4n) is 1.01. The normalized spacial score (nSPS) is 12.5. The van der Waals surface area contributed by atoms with Crippen molar-refractivity contribution in [3.63, 3.8) is 0 Å². The molecule has 72 valence electrons.